The Bertz CT molecular complexity index is 458. The minimum atomic E-state index is -0.611. The van der Waals surface area contributed by atoms with E-state index in [0.717, 1.165) is 32.1 Å². The maximum atomic E-state index is 11.3. The van der Waals surface area contributed by atoms with Crippen LogP contribution in [0.4, 0.5) is 0 Å². The van der Waals surface area contributed by atoms with Crippen molar-refractivity contribution in [1.29, 1.82) is 0 Å². The molecule has 0 saturated heterocycles. The quantitative estimate of drug-likeness (QED) is 0.871. The van der Waals surface area contributed by atoms with Gasteiger partial charge in [0.05, 0.1) is 5.92 Å². The van der Waals surface area contributed by atoms with E-state index in [2.05, 4.69) is 11.1 Å². The molecule has 18 heavy (non-hydrogen) atoms. The first kappa shape index (κ1) is 11.7. The van der Waals surface area contributed by atoms with Gasteiger partial charge < -0.3 is 5.11 Å². The van der Waals surface area contributed by atoms with Gasteiger partial charge in [0, 0.05) is 17.8 Å². The molecule has 3 unspecified atom stereocenters. The van der Waals surface area contributed by atoms with Crippen LogP contribution in [0.15, 0.2) is 18.3 Å². The number of aromatic nitrogens is 1. The molecule has 3 rings (SSSR count). The first-order chi connectivity index (χ1) is 8.77. The molecule has 1 saturated carbocycles. The third-order valence-corrected chi connectivity index (χ3v) is 4.64. The Labute approximate surface area is 107 Å². The van der Waals surface area contributed by atoms with Gasteiger partial charge in [-0.1, -0.05) is 12.5 Å². The van der Waals surface area contributed by atoms with Crippen LogP contribution in [0.3, 0.4) is 0 Å². The molecule has 0 amide bonds. The van der Waals surface area contributed by atoms with E-state index in [1.165, 1.54) is 17.7 Å². The number of carboxylic acids is 1. The third kappa shape index (κ3) is 1.92. The molecule has 3 heteroatoms. The number of fused-ring (bicyclic) bond motifs is 1. The third-order valence-electron chi connectivity index (χ3n) is 4.64. The summed E-state index contributed by atoms with van der Waals surface area (Å²) in [4.78, 5) is 15.9. The van der Waals surface area contributed by atoms with Crippen molar-refractivity contribution in [3.8, 4) is 0 Å². The first-order valence-electron chi connectivity index (χ1n) is 6.94. The van der Waals surface area contributed by atoms with Crippen molar-refractivity contribution in [2.45, 2.75) is 44.4 Å². The zero-order valence-corrected chi connectivity index (χ0v) is 10.5. The Kier molecular flexibility index (Phi) is 3.06. The molecule has 1 aromatic heterocycles. The number of aliphatic carboxylic acids is 1. The molecule has 3 nitrogen and oxygen atoms in total. The lowest BCUT2D eigenvalue weighted by Gasteiger charge is -2.31. The fourth-order valence-electron chi connectivity index (χ4n) is 3.84. The van der Waals surface area contributed by atoms with E-state index < -0.39 is 5.97 Å². The van der Waals surface area contributed by atoms with Crippen molar-refractivity contribution < 1.29 is 9.90 Å². The molecule has 0 radical (unpaired) electrons. The standard InChI is InChI=1S/C15H19NO2/c17-15(18)13-8-2-6-11(13)12-7-1-4-10-5-3-9-16-14(10)12/h3,5,9,11-13H,1-2,4,6-8H2,(H,17,18). The summed E-state index contributed by atoms with van der Waals surface area (Å²) in [6.07, 6.45) is 8.19. The van der Waals surface area contributed by atoms with Crippen LogP contribution in [0, 0.1) is 11.8 Å². The molecule has 0 spiro atoms. The van der Waals surface area contributed by atoms with E-state index >= 15 is 0 Å². The molecule has 1 fully saturated rings. The van der Waals surface area contributed by atoms with Gasteiger partial charge in [-0.3, -0.25) is 9.78 Å². The lowest BCUT2D eigenvalue weighted by molar-refractivity contribution is -0.143. The van der Waals surface area contributed by atoms with E-state index in [-0.39, 0.29) is 5.92 Å². The van der Waals surface area contributed by atoms with E-state index in [1.54, 1.807) is 0 Å². The summed E-state index contributed by atoms with van der Waals surface area (Å²) < 4.78 is 0. The van der Waals surface area contributed by atoms with Gasteiger partial charge in [-0.05, 0) is 49.7 Å². The summed E-state index contributed by atoms with van der Waals surface area (Å²) in [5.74, 6) is -0.0847. The average molecular weight is 245 g/mol. The van der Waals surface area contributed by atoms with Crippen molar-refractivity contribution in [2.24, 2.45) is 11.8 Å². The van der Waals surface area contributed by atoms with Crippen molar-refractivity contribution >= 4 is 5.97 Å². The van der Waals surface area contributed by atoms with Crippen LogP contribution in [-0.2, 0) is 11.2 Å². The number of pyridine rings is 1. The van der Waals surface area contributed by atoms with Crippen LogP contribution in [0.2, 0.25) is 0 Å². The molecule has 96 valence electrons. The summed E-state index contributed by atoms with van der Waals surface area (Å²) in [6, 6.07) is 4.14. The van der Waals surface area contributed by atoms with Crippen LogP contribution in [0.1, 0.15) is 49.3 Å². The van der Waals surface area contributed by atoms with Gasteiger partial charge in [0.2, 0.25) is 0 Å². The summed E-state index contributed by atoms with van der Waals surface area (Å²) in [5.41, 5.74) is 2.52. The monoisotopic (exact) mass is 245 g/mol. The lowest BCUT2D eigenvalue weighted by Crippen LogP contribution is -2.27. The predicted molar refractivity (Wildman–Crippen MR) is 68.4 cm³/mol. The van der Waals surface area contributed by atoms with Gasteiger partial charge in [-0.25, -0.2) is 0 Å². The number of carboxylic acid groups (broad SMARTS) is 1. The van der Waals surface area contributed by atoms with Crippen molar-refractivity contribution in [3.63, 3.8) is 0 Å². The molecule has 1 aromatic rings. The number of carbonyl (C=O) groups is 1. The molecule has 1 N–H and O–H groups in total. The first-order valence-corrected chi connectivity index (χ1v) is 6.94. The van der Waals surface area contributed by atoms with Crippen LogP contribution in [0.25, 0.3) is 0 Å². The Morgan fingerprint density at radius 1 is 1.28 bits per heavy atom. The molecular weight excluding hydrogens is 226 g/mol. The number of aryl methyl sites for hydroxylation is 1. The van der Waals surface area contributed by atoms with Gasteiger partial charge in [-0.15, -0.1) is 0 Å². The van der Waals surface area contributed by atoms with Crippen molar-refractivity contribution in [2.75, 3.05) is 0 Å². The Hall–Kier alpha value is -1.38. The van der Waals surface area contributed by atoms with Crippen LogP contribution < -0.4 is 0 Å². The largest absolute Gasteiger partial charge is 0.481 e. The van der Waals surface area contributed by atoms with Gasteiger partial charge in [-0.2, -0.15) is 0 Å². The molecule has 0 aliphatic heterocycles. The SMILES string of the molecule is O=C(O)C1CCCC1C1CCCc2cccnc21. The van der Waals surface area contributed by atoms with E-state index in [1.807, 2.05) is 12.3 Å². The number of hydrogen-bond acceptors (Lipinski definition) is 2. The van der Waals surface area contributed by atoms with Crippen LogP contribution >= 0.6 is 0 Å². The summed E-state index contributed by atoms with van der Waals surface area (Å²) in [7, 11) is 0. The molecule has 0 aromatic carbocycles. The molecule has 1 heterocycles. The highest BCUT2D eigenvalue weighted by molar-refractivity contribution is 5.71. The van der Waals surface area contributed by atoms with Crippen LogP contribution in [0.5, 0.6) is 0 Å². The fourth-order valence-corrected chi connectivity index (χ4v) is 3.84. The molecule has 2 aliphatic rings. The van der Waals surface area contributed by atoms with Gasteiger partial charge in [0.15, 0.2) is 0 Å². The van der Waals surface area contributed by atoms with E-state index in [4.69, 9.17) is 0 Å². The molecule has 0 bridgehead atoms. The lowest BCUT2D eigenvalue weighted by atomic mass is 9.74. The summed E-state index contributed by atoms with van der Waals surface area (Å²) >= 11 is 0. The molecule has 3 atom stereocenters. The second kappa shape index (κ2) is 4.71. The molecule has 2 aliphatic carbocycles. The molecular formula is C15H19NO2. The highest BCUT2D eigenvalue weighted by atomic mass is 16.4. The second-order valence-electron chi connectivity index (χ2n) is 5.59. The Morgan fingerprint density at radius 3 is 3.00 bits per heavy atom. The van der Waals surface area contributed by atoms with E-state index in [0.29, 0.717) is 11.8 Å². The van der Waals surface area contributed by atoms with Crippen LogP contribution in [-0.4, -0.2) is 16.1 Å². The normalized spacial score (nSPS) is 31.0. The zero-order chi connectivity index (χ0) is 12.5. The fraction of sp³-hybridized carbons (Fsp3) is 0.600. The Morgan fingerprint density at radius 2 is 2.17 bits per heavy atom. The van der Waals surface area contributed by atoms with Gasteiger partial charge >= 0.3 is 5.97 Å². The minimum Gasteiger partial charge on any atom is -0.481 e. The Balaban J connectivity index is 1.91. The summed E-state index contributed by atoms with van der Waals surface area (Å²) in [5, 5.41) is 9.34. The van der Waals surface area contributed by atoms with Crippen molar-refractivity contribution in [3.05, 3.63) is 29.6 Å². The van der Waals surface area contributed by atoms with Crippen molar-refractivity contribution in [1.82, 2.24) is 4.98 Å². The topological polar surface area (TPSA) is 50.2 Å². The van der Waals surface area contributed by atoms with Gasteiger partial charge in [0.1, 0.15) is 0 Å². The summed E-state index contributed by atoms with van der Waals surface area (Å²) in [6.45, 7) is 0. The number of nitrogens with zero attached hydrogens (tertiary/aromatic N) is 1. The average Bonchev–Trinajstić information content (AvgIpc) is 2.87. The van der Waals surface area contributed by atoms with Gasteiger partial charge in [0.25, 0.3) is 0 Å². The number of rotatable bonds is 2. The highest BCUT2D eigenvalue weighted by Crippen LogP contribution is 2.46. The minimum absolute atomic E-state index is 0.150. The highest BCUT2D eigenvalue weighted by Gasteiger charge is 2.40. The second-order valence-corrected chi connectivity index (χ2v) is 5.59. The van der Waals surface area contributed by atoms with E-state index in [9.17, 15) is 9.90 Å². The zero-order valence-electron chi connectivity index (χ0n) is 10.5. The predicted octanol–water partition coefficient (Wildman–Crippen LogP) is 3.00. The maximum Gasteiger partial charge on any atom is 0.306 e. The smallest absolute Gasteiger partial charge is 0.306 e. The number of hydrogen-bond donors (Lipinski definition) is 1. The maximum absolute atomic E-state index is 11.3.